The number of likely N-dealkylation sites (N-methyl/N-ethyl adjacent to an activating group) is 1. The first kappa shape index (κ1) is 29.0. The Morgan fingerprint density at radius 2 is 1.40 bits per heavy atom. The molecular formula is C32H35N3O4S. The topological polar surface area (TPSA) is 86.8 Å². The maximum Gasteiger partial charge on any atom is 0.243 e. The van der Waals surface area contributed by atoms with E-state index in [1.165, 1.54) is 11.9 Å². The number of rotatable bonds is 12. The van der Waals surface area contributed by atoms with Crippen molar-refractivity contribution in [3.05, 3.63) is 114 Å². The van der Waals surface area contributed by atoms with Gasteiger partial charge in [0.05, 0.1) is 11.4 Å². The van der Waals surface area contributed by atoms with Gasteiger partial charge in [0.1, 0.15) is 6.04 Å². The second-order valence-corrected chi connectivity index (χ2v) is 11.8. The molecule has 40 heavy (non-hydrogen) atoms. The van der Waals surface area contributed by atoms with E-state index in [1.54, 1.807) is 18.2 Å². The number of nitrogens with zero attached hydrogens (tertiary/aromatic N) is 2. The van der Waals surface area contributed by atoms with Crippen LogP contribution in [0.4, 0.5) is 0 Å². The zero-order chi connectivity index (χ0) is 28.5. The molecule has 0 spiro atoms. The third-order valence-electron chi connectivity index (χ3n) is 6.80. The first-order valence-corrected chi connectivity index (χ1v) is 14.8. The van der Waals surface area contributed by atoms with Gasteiger partial charge in [-0.05, 0) is 40.5 Å². The van der Waals surface area contributed by atoms with Crippen LogP contribution in [-0.2, 0) is 32.6 Å². The van der Waals surface area contributed by atoms with Crippen molar-refractivity contribution in [1.29, 1.82) is 0 Å². The highest BCUT2D eigenvalue weighted by Crippen LogP contribution is 2.22. The van der Waals surface area contributed by atoms with Crippen LogP contribution in [0.5, 0.6) is 0 Å². The molecule has 1 atom stereocenters. The predicted octanol–water partition coefficient (Wildman–Crippen LogP) is 4.63. The molecule has 4 aromatic rings. The lowest BCUT2D eigenvalue weighted by Gasteiger charge is -2.32. The minimum atomic E-state index is -3.97. The number of amides is 2. The second-order valence-electron chi connectivity index (χ2n) is 9.77. The summed E-state index contributed by atoms with van der Waals surface area (Å²) >= 11 is 0. The highest BCUT2D eigenvalue weighted by atomic mass is 32.2. The van der Waals surface area contributed by atoms with E-state index in [9.17, 15) is 18.0 Å². The Morgan fingerprint density at radius 3 is 2.05 bits per heavy atom. The van der Waals surface area contributed by atoms with Crippen molar-refractivity contribution in [2.24, 2.45) is 0 Å². The number of hydrogen-bond donors (Lipinski definition) is 1. The van der Waals surface area contributed by atoms with E-state index in [0.717, 1.165) is 32.6 Å². The van der Waals surface area contributed by atoms with Gasteiger partial charge in [0, 0.05) is 26.6 Å². The second kappa shape index (κ2) is 13.4. The SMILES string of the molecule is CCCNC(=O)C(Cc1ccccc1)N(Cc1ccccc1)C(=O)CN(C)S(=O)(=O)c1ccc2ccccc2c1. The van der Waals surface area contributed by atoms with Crippen molar-refractivity contribution in [1.82, 2.24) is 14.5 Å². The molecule has 0 saturated heterocycles. The molecule has 0 saturated carbocycles. The third kappa shape index (κ3) is 7.14. The Bertz CT molecular complexity index is 1540. The van der Waals surface area contributed by atoms with Crippen LogP contribution in [0.1, 0.15) is 24.5 Å². The fourth-order valence-electron chi connectivity index (χ4n) is 4.57. The first-order chi connectivity index (χ1) is 19.3. The molecule has 4 aromatic carbocycles. The number of fused-ring (bicyclic) bond motifs is 1. The lowest BCUT2D eigenvalue weighted by Crippen LogP contribution is -2.53. The minimum Gasteiger partial charge on any atom is -0.354 e. The number of carbonyl (C=O) groups excluding carboxylic acids is 2. The molecule has 2 amide bonds. The molecule has 8 heteroatoms. The average Bonchev–Trinajstić information content (AvgIpc) is 2.98. The van der Waals surface area contributed by atoms with E-state index in [4.69, 9.17) is 0 Å². The summed E-state index contributed by atoms with van der Waals surface area (Å²) < 4.78 is 28.1. The summed E-state index contributed by atoms with van der Waals surface area (Å²) in [7, 11) is -2.57. The normalized spacial score (nSPS) is 12.3. The molecule has 1 N–H and O–H groups in total. The van der Waals surface area contributed by atoms with E-state index < -0.39 is 28.5 Å². The summed E-state index contributed by atoms with van der Waals surface area (Å²) in [6, 6.07) is 30.5. The Kier molecular flexibility index (Phi) is 9.69. The summed E-state index contributed by atoms with van der Waals surface area (Å²) in [6.07, 6.45) is 1.05. The van der Waals surface area contributed by atoms with Crippen molar-refractivity contribution in [2.45, 2.75) is 37.2 Å². The largest absolute Gasteiger partial charge is 0.354 e. The number of benzene rings is 4. The summed E-state index contributed by atoms with van der Waals surface area (Å²) in [4.78, 5) is 28.9. The molecule has 7 nitrogen and oxygen atoms in total. The van der Waals surface area contributed by atoms with Gasteiger partial charge in [0.15, 0.2) is 0 Å². The minimum absolute atomic E-state index is 0.109. The van der Waals surface area contributed by atoms with Crippen LogP contribution in [0.3, 0.4) is 0 Å². The zero-order valence-electron chi connectivity index (χ0n) is 22.9. The Labute approximate surface area is 236 Å². The van der Waals surface area contributed by atoms with Crippen LogP contribution < -0.4 is 5.32 Å². The van der Waals surface area contributed by atoms with Crippen LogP contribution in [0.25, 0.3) is 10.8 Å². The van der Waals surface area contributed by atoms with Gasteiger partial charge in [0.25, 0.3) is 0 Å². The molecule has 0 aliphatic heterocycles. The van der Waals surface area contributed by atoms with Gasteiger partial charge in [-0.15, -0.1) is 0 Å². The van der Waals surface area contributed by atoms with E-state index in [0.29, 0.717) is 13.0 Å². The fraction of sp³-hybridized carbons (Fsp3) is 0.250. The summed E-state index contributed by atoms with van der Waals surface area (Å²) in [5, 5.41) is 4.66. The van der Waals surface area contributed by atoms with Gasteiger partial charge >= 0.3 is 0 Å². The van der Waals surface area contributed by atoms with Crippen LogP contribution in [0.2, 0.25) is 0 Å². The smallest absolute Gasteiger partial charge is 0.243 e. The summed E-state index contributed by atoms with van der Waals surface area (Å²) in [6.45, 7) is 2.20. The van der Waals surface area contributed by atoms with Gasteiger partial charge in [-0.25, -0.2) is 8.42 Å². The highest BCUT2D eigenvalue weighted by molar-refractivity contribution is 7.89. The molecule has 0 bridgehead atoms. The summed E-state index contributed by atoms with van der Waals surface area (Å²) in [5.74, 6) is -0.724. The molecule has 0 aromatic heterocycles. The average molecular weight is 558 g/mol. The zero-order valence-corrected chi connectivity index (χ0v) is 23.7. The van der Waals surface area contributed by atoms with Crippen molar-refractivity contribution in [3.63, 3.8) is 0 Å². The van der Waals surface area contributed by atoms with Crippen molar-refractivity contribution in [3.8, 4) is 0 Å². The highest BCUT2D eigenvalue weighted by Gasteiger charge is 2.33. The number of carbonyl (C=O) groups is 2. The molecule has 0 radical (unpaired) electrons. The maximum absolute atomic E-state index is 13.9. The predicted molar refractivity (Wildman–Crippen MR) is 158 cm³/mol. The van der Waals surface area contributed by atoms with Gasteiger partial charge in [-0.2, -0.15) is 4.31 Å². The Hall–Kier alpha value is -4.01. The standard InChI is InChI=1S/C32H35N3O4S/c1-3-20-33-32(37)30(21-25-12-6-4-7-13-25)35(23-26-14-8-5-9-15-26)31(36)24-34(2)40(38,39)29-19-18-27-16-10-11-17-28(27)22-29/h4-19,22,30H,3,20-21,23-24H2,1-2H3,(H,33,37). The van der Waals surface area contributed by atoms with E-state index in [1.807, 2.05) is 91.9 Å². The van der Waals surface area contributed by atoms with E-state index in [-0.39, 0.29) is 17.3 Å². The molecule has 0 aliphatic rings. The van der Waals surface area contributed by atoms with Gasteiger partial charge < -0.3 is 10.2 Å². The molecular weight excluding hydrogens is 522 g/mol. The van der Waals surface area contributed by atoms with Crippen LogP contribution in [-0.4, -0.2) is 55.6 Å². The number of hydrogen-bond acceptors (Lipinski definition) is 4. The van der Waals surface area contributed by atoms with Gasteiger partial charge in [-0.1, -0.05) is 97.9 Å². The number of sulfonamides is 1. The third-order valence-corrected chi connectivity index (χ3v) is 8.60. The monoisotopic (exact) mass is 557 g/mol. The Balaban J connectivity index is 1.64. The maximum atomic E-state index is 13.9. The molecule has 0 heterocycles. The van der Waals surface area contributed by atoms with Crippen molar-refractivity contribution < 1.29 is 18.0 Å². The van der Waals surface area contributed by atoms with Crippen LogP contribution in [0, 0.1) is 0 Å². The first-order valence-electron chi connectivity index (χ1n) is 13.4. The van der Waals surface area contributed by atoms with Crippen LogP contribution in [0.15, 0.2) is 108 Å². The Morgan fingerprint density at radius 1 is 0.800 bits per heavy atom. The number of nitrogens with one attached hydrogen (secondary N) is 1. The molecule has 1 unspecified atom stereocenters. The van der Waals surface area contributed by atoms with Gasteiger partial charge in [-0.3, -0.25) is 9.59 Å². The lowest BCUT2D eigenvalue weighted by atomic mass is 10.0. The van der Waals surface area contributed by atoms with E-state index in [2.05, 4.69) is 5.32 Å². The molecule has 208 valence electrons. The molecule has 0 aliphatic carbocycles. The quantitative estimate of drug-likeness (QED) is 0.275. The van der Waals surface area contributed by atoms with Crippen molar-refractivity contribution in [2.75, 3.05) is 20.1 Å². The van der Waals surface area contributed by atoms with Crippen molar-refractivity contribution >= 4 is 32.6 Å². The summed E-state index contributed by atoms with van der Waals surface area (Å²) in [5.41, 5.74) is 1.75. The molecule has 0 fully saturated rings. The van der Waals surface area contributed by atoms with E-state index >= 15 is 0 Å². The lowest BCUT2D eigenvalue weighted by molar-refractivity contribution is -0.141. The fourth-order valence-corrected chi connectivity index (χ4v) is 5.73. The van der Waals surface area contributed by atoms with Gasteiger partial charge in [0.2, 0.25) is 21.8 Å². The van der Waals surface area contributed by atoms with Crippen LogP contribution >= 0.6 is 0 Å². The molecule has 4 rings (SSSR count).